The van der Waals surface area contributed by atoms with Crippen molar-refractivity contribution in [3.63, 3.8) is 0 Å². The number of aryl methyl sites for hydroxylation is 1. The van der Waals surface area contributed by atoms with E-state index in [1.807, 2.05) is 61.7 Å². The van der Waals surface area contributed by atoms with Crippen LogP contribution in [0.5, 0.6) is 0 Å². The molecular weight excluding hydrogens is 478 g/mol. The lowest BCUT2D eigenvalue weighted by Crippen LogP contribution is -2.24. The Bertz CT molecular complexity index is 1370. The molecule has 8 heteroatoms. The Morgan fingerprint density at radius 3 is 2.60 bits per heavy atom. The van der Waals surface area contributed by atoms with Gasteiger partial charge in [0.1, 0.15) is 11.1 Å². The van der Waals surface area contributed by atoms with Crippen molar-refractivity contribution in [2.24, 2.45) is 0 Å². The number of carbonyl (C=O) groups is 2. The SMILES string of the molecule is CCC(Sc1cccc(NC(=O)c2ccco2)c1)C(=O)Nc1scc(-c2ccc(C)cc2)c1C#N. The number of hydrogen-bond acceptors (Lipinski definition) is 6. The summed E-state index contributed by atoms with van der Waals surface area (Å²) in [4.78, 5) is 26.2. The number of nitrogens with zero attached hydrogens (tertiary/aromatic N) is 1. The third-order valence-corrected chi connectivity index (χ3v) is 7.53. The summed E-state index contributed by atoms with van der Waals surface area (Å²) in [6, 6.07) is 20.8. The van der Waals surface area contributed by atoms with Gasteiger partial charge in [0, 0.05) is 21.5 Å². The first-order valence-corrected chi connectivity index (χ1v) is 12.8. The predicted octanol–water partition coefficient (Wildman–Crippen LogP) is 6.95. The van der Waals surface area contributed by atoms with E-state index in [1.54, 1.807) is 18.2 Å². The van der Waals surface area contributed by atoms with Gasteiger partial charge in [0.25, 0.3) is 5.91 Å². The van der Waals surface area contributed by atoms with Crippen LogP contribution in [-0.4, -0.2) is 17.1 Å². The maximum atomic E-state index is 13.1. The Morgan fingerprint density at radius 1 is 1.11 bits per heavy atom. The topological polar surface area (TPSA) is 95.1 Å². The lowest BCUT2D eigenvalue weighted by molar-refractivity contribution is -0.115. The molecule has 1 unspecified atom stereocenters. The van der Waals surface area contributed by atoms with Gasteiger partial charge in [-0.15, -0.1) is 23.1 Å². The zero-order chi connectivity index (χ0) is 24.8. The Hall–Kier alpha value is -3.80. The number of nitriles is 1. The van der Waals surface area contributed by atoms with Crippen molar-refractivity contribution in [3.8, 4) is 17.2 Å². The maximum absolute atomic E-state index is 13.1. The molecule has 2 N–H and O–H groups in total. The Kier molecular flexibility index (Phi) is 7.70. The van der Waals surface area contributed by atoms with Crippen molar-refractivity contribution < 1.29 is 14.0 Å². The normalized spacial score (nSPS) is 11.5. The number of carbonyl (C=O) groups excluding carboxylic acids is 2. The van der Waals surface area contributed by atoms with E-state index < -0.39 is 0 Å². The van der Waals surface area contributed by atoms with Gasteiger partial charge < -0.3 is 15.1 Å². The quantitative estimate of drug-likeness (QED) is 0.255. The second kappa shape index (κ2) is 11.1. The van der Waals surface area contributed by atoms with E-state index >= 15 is 0 Å². The van der Waals surface area contributed by atoms with Crippen LogP contribution in [0.1, 0.15) is 35.0 Å². The average Bonchev–Trinajstić information content (AvgIpc) is 3.53. The smallest absolute Gasteiger partial charge is 0.291 e. The van der Waals surface area contributed by atoms with Gasteiger partial charge in [-0.2, -0.15) is 5.26 Å². The van der Waals surface area contributed by atoms with Gasteiger partial charge in [0.15, 0.2) is 5.76 Å². The summed E-state index contributed by atoms with van der Waals surface area (Å²) in [6.07, 6.45) is 2.04. The molecule has 176 valence electrons. The van der Waals surface area contributed by atoms with E-state index in [-0.39, 0.29) is 22.8 Å². The third kappa shape index (κ3) is 5.83. The molecule has 0 spiro atoms. The fourth-order valence-electron chi connectivity index (χ4n) is 3.43. The largest absolute Gasteiger partial charge is 0.459 e. The van der Waals surface area contributed by atoms with Gasteiger partial charge in [-0.05, 0) is 49.2 Å². The molecule has 2 aromatic carbocycles. The molecule has 4 rings (SSSR count). The number of furan rings is 1. The fourth-order valence-corrected chi connectivity index (χ4v) is 5.37. The average molecular weight is 502 g/mol. The first-order valence-electron chi connectivity index (χ1n) is 11.0. The van der Waals surface area contributed by atoms with E-state index in [0.717, 1.165) is 21.6 Å². The number of rotatable bonds is 8. The van der Waals surface area contributed by atoms with Crippen LogP contribution in [0.15, 0.2) is 81.6 Å². The van der Waals surface area contributed by atoms with Crippen molar-refractivity contribution in [2.75, 3.05) is 10.6 Å². The number of thioether (sulfide) groups is 1. The monoisotopic (exact) mass is 501 g/mol. The molecule has 0 aliphatic heterocycles. The zero-order valence-corrected chi connectivity index (χ0v) is 20.8. The highest BCUT2D eigenvalue weighted by molar-refractivity contribution is 8.00. The van der Waals surface area contributed by atoms with E-state index in [0.29, 0.717) is 22.7 Å². The van der Waals surface area contributed by atoms with Gasteiger partial charge >= 0.3 is 0 Å². The van der Waals surface area contributed by atoms with Crippen LogP contribution < -0.4 is 10.6 Å². The molecule has 0 bridgehead atoms. The summed E-state index contributed by atoms with van der Waals surface area (Å²) in [5, 5.41) is 17.6. The van der Waals surface area contributed by atoms with Crippen molar-refractivity contribution >= 4 is 45.6 Å². The van der Waals surface area contributed by atoms with Crippen LogP contribution in [0.4, 0.5) is 10.7 Å². The molecule has 0 saturated carbocycles. The molecule has 2 amide bonds. The minimum Gasteiger partial charge on any atom is -0.459 e. The second-order valence-corrected chi connectivity index (χ2v) is 9.95. The van der Waals surface area contributed by atoms with Gasteiger partial charge in [0.2, 0.25) is 5.91 Å². The van der Waals surface area contributed by atoms with Crippen LogP contribution in [0.2, 0.25) is 0 Å². The second-order valence-electron chi connectivity index (χ2n) is 7.79. The molecule has 0 fully saturated rings. The summed E-state index contributed by atoms with van der Waals surface area (Å²) in [5.41, 5.74) is 3.98. The highest BCUT2D eigenvalue weighted by Crippen LogP contribution is 2.36. The molecule has 0 aliphatic rings. The van der Waals surface area contributed by atoms with E-state index in [4.69, 9.17) is 4.42 Å². The van der Waals surface area contributed by atoms with E-state index in [2.05, 4.69) is 16.7 Å². The first kappa shape index (κ1) is 24.3. The Morgan fingerprint density at radius 2 is 1.91 bits per heavy atom. The summed E-state index contributed by atoms with van der Waals surface area (Å²) in [5.74, 6) is -0.285. The van der Waals surface area contributed by atoms with Crippen molar-refractivity contribution in [1.82, 2.24) is 0 Å². The summed E-state index contributed by atoms with van der Waals surface area (Å²) in [7, 11) is 0. The van der Waals surface area contributed by atoms with Gasteiger partial charge in [-0.3, -0.25) is 9.59 Å². The third-order valence-electron chi connectivity index (χ3n) is 5.28. The van der Waals surface area contributed by atoms with Crippen LogP contribution in [-0.2, 0) is 4.79 Å². The number of amides is 2. The van der Waals surface area contributed by atoms with Crippen LogP contribution in [0, 0.1) is 18.3 Å². The number of benzene rings is 2. The predicted molar refractivity (Wildman–Crippen MR) is 141 cm³/mol. The maximum Gasteiger partial charge on any atom is 0.291 e. The standard InChI is InChI=1S/C27H23N3O3S2/c1-3-24(35-20-7-4-6-19(14-20)29-25(31)23-8-5-13-33-23)26(32)30-27-21(15-28)22(16-34-27)18-11-9-17(2)10-12-18/h4-14,16,24H,3H2,1-2H3,(H,29,31)(H,30,32). The molecule has 6 nitrogen and oxygen atoms in total. The van der Waals surface area contributed by atoms with Crippen molar-refractivity contribution in [1.29, 1.82) is 5.26 Å². The first-order chi connectivity index (χ1) is 17.0. The van der Waals surface area contributed by atoms with E-state index in [9.17, 15) is 14.9 Å². The van der Waals surface area contributed by atoms with Crippen LogP contribution in [0.3, 0.4) is 0 Å². The van der Waals surface area contributed by atoms with Crippen LogP contribution in [0.25, 0.3) is 11.1 Å². The van der Waals surface area contributed by atoms with Gasteiger partial charge in [0.05, 0.1) is 17.1 Å². The number of thiophene rings is 1. The summed E-state index contributed by atoms with van der Waals surface area (Å²) < 4.78 is 5.13. The lowest BCUT2D eigenvalue weighted by Gasteiger charge is -2.15. The Labute approximate surface area is 212 Å². The molecule has 2 aromatic heterocycles. The van der Waals surface area contributed by atoms with Crippen LogP contribution >= 0.6 is 23.1 Å². The molecular formula is C27H23N3O3S2. The summed E-state index contributed by atoms with van der Waals surface area (Å²) in [6.45, 7) is 3.96. The lowest BCUT2D eigenvalue weighted by atomic mass is 10.0. The minimum atomic E-state index is -0.373. The Balaban J connectivity index is 1.46. The molecule has 1 atom stereocenters. The molecule has 0 aliphatic carbocycles. The molecule has 2 heterocycles. The molecule has 4 aromatic rings. The van der Waals surface area contributed by atoms with Gasteiger partial charge in [-0.25, -0.2) is 0 Å². The number of nitrogens with one attached hydrogen (secondary N) is 2. The van der Waals surface area contributed by atoms with Crippen molar-refractivity contribution in [3.05, 3.63) is 89.2 Å². The molecule has 35 heavy (non-hydrogen) atoms. The fraction of sp³-hybridized carbons (Fsp3) is 0.148. The minimum absolute atomic E-state index is 0.170. The number of anilines is 2. The zero-order valence-electron chi connectivity index (χ0n) is 19.2. The highest BCUT2D eigenvalue weighted by Gasteiger charge is 2.22. The van der Waals surface area contributed by atoms with E-state index in [1.165, 1.54) is 29.4 Å². The molecule has 0 saturated heterocycles. The summed E-state index contributed by atoms with van der Waals surface area (Å²) >= 11 is 2.76. The number of hydrogen-bond donors (Lipinski definition) is 2. The molecule has 0 radical (unpaired) electrons. The van der Waals surface area contributed by atoms with Crippen molar-refractivity contribution in [2.45, 2.75) is 30.4 Å². The highest BCUT2D eigenvalue weighted by atomic mass is 32.2. The van der Waals surface area contributed by atoms with Gasteiger partial charge in [-0.1, -0.05) is 42.8 Å².